The Labute approximate surface area is 95.9 Å². The van der Waals surface area contributed by atoms with Crippen LogP contribution in [0.2, 0.25) is 0 Å². The topological polar surface area (TPSA) is 90.0 Å². The Kier molecular flexibility index (Phi) is 4.45. The van der Waals surface area contributed by atoms with Crippen LogP contribution >= 0.6 is 0 Å². The highest BCUT2D eigenvalue weighted by Crippen LogP contribution is 2.08. The number of sulfonamides is 1. The maximum absolute atomic E-state index is 11.9. The van der Waals surface area contributed by atoms with Crippen molar-refractivity contribution in [1.29, 1.82) is 0 Å². The molecule has 92 valence electrons. The molecule has 0 bridgehead atoms. The van der Waals surface area contributed by atoms with E-state index in [0.29, 0.717) is 19.4 Å². The van der Waals surface area contributed by atoms with Crippen LogP contribution < -0.4 is 10.5 Å². The van der Waals surface area contributed by atoms with Crippen molar-refractivity contribution in [1.82, 2.24) is 14.5 Å². The second-order valence-electron chi connectivity index (χ2n) is 3.60. The lowest BCUT2D eigenvalue weighted by Gasteiger charge is -2.15. The Morgan fingerprint density at radius 3 is 2.75 bits per heavy atom. The molecule has 1 rings (SSSR count). The fraction of sp³-hybridized carbons (Fsp3) is 0.667. The summed E-state index contributed by atoms with van der Waals surface area (Å²) in [6, 6.07) is 1.35. The minimum Gasteiger partial charge on any atom is -0.330 e. The van der Waals surface area contributed by atoms with E-state index in [0.717, 1.165) is 0 Å². The normalized spacial score (nSPS) is 13.9. The number of nitrogens with zero attached hydrogens (tertiary/aromatic N) is 2. The zero-order valence-electron chi connectivity index (χ0n) is 9.55. The molecule has 0 radical (unpaired) electrons. The number of hydrogen-bond acceptors (Lipinski definition) is 4. The van der Waals surface area contributed by atoms with E-state index in [9.17, 15) is 8.42 Å². The first-order valence-electron chi connectivity index (χ1n) is 5.21. The number of nitrogens with two attached hydrogens (primary N) is 1. The smallest absolute Gasteiger partial charge is 0.257 e. The monoisotopic (exact) mass is 246 g/mol. The van der Waals surface area contributed by atoms with Crippen LogP contribution in [-0.2, 0) is 17.1 Å². The molecular weight excluding hydrogens is 228 g/mol. The number of hydrogen-bond donors (Lipinski definition) is 2. The predicted molar refractivity (Wildman–Crippen MR) is 61.3 cm³/mol. The van der Waals surface area contributed by atoms with E-state index < -0.39 is 10.0 Å². The average molecular weight is 246 g/mol. The lowest BCUT2D eigenvalue weighted by Crippen LogP contribution is -2.36. The third-order valence-electron chi connectivity index (χ3n) is 2.38. The minimum atomic E-state index is -3.49. The summed E-state index contributed by atoms with van der Waals surface area (Å²) in [4.78, 5) is 0. The predicted octanol–water partition coefficient (Wildman–Crippen LogP) is -0.174. The van der Waals surface area contributed by atoms with Gasteiger partial charge < -0.3 is 5.73 Å². The van der Waals surface area contributed by atoms with Crippen molar-refractivity contribution < 1.29 is 8.42 Å². The van der Waals surface area contributed by atoms with Crippen LogP contribution in [0.1, 0.15) is 19.8 Å². The first-order valence-corrected chi connectivity index (χ1v) is 6.70. The summed E-state index contributed by atoms with van der Waals surface area (Å²) in [6.07, 6.45) is 2.81. The Morgan fingerprint density at radius 2 is 2.31 bits per heavy atom. The van der Waals surface area contributed by atoms with Crippen LogP contribution in [0.15, 0.2) is 17.3 Å². The lowest BCUT2D eigenvalue weighted by molar-refractivity contribution is 0.512. The van der Waals surface area contributed by atoms with Crippen LogP contribution in [0.3, 0.4) is 0 Å². The number of nitrogens with one attached hydrogen (secondary N) is 1. The Balaban J connectivity index is 2.83. The summed E-state index contributed by atoms with van der Waals surface area (Å²) >= 11 is 0. The van der Waals surface area contributed by atoms with Gasteiger partial charge >= 0.3 is 0 Å². The van der Waals surface area contributed by atoms with Gasteiger partial charge in [-0.05, 0) is 25.5 Å². The molecule has 3 N–H and O–H groups in total. The number of rotatable bonds is 6. The number of aryl methyl sites for hydroxylation is 1. The molecule has 0 aliphatic rings. The molecule has 0 fully saturated rings. The van der Waals surface area contributed by atoms with Crippen molar-refractivity contribution in [3.05, 3.63) is 12.3 Å². The summed E-state index contributed by atoms with van der Waals surface area (Å²) in [5.41, 5.74) is 5.42. The van der Waals surface area contributed by atoms with Crippen molar-refractivity contribution >= 4 is 10.0 Å². The van der Waals surface area contributed by atoms with Crippen molar-refractivity contribution in [2.24, 2.45) is 12.8 Å². The van der Waals surface area contributed by atoms with E-state index >= 15 is 0 Å². The fourth-order valence-electron chi connectivity index (χ4n) is 1.45. The van der Waals surface area contributed by atoms with Crippen LogP contribution in [-0.4, -0.2) is 30.8 Å². The Bertz CT molecular complexity index is 426. The standard InChI is InChI=1S/C9H18N4O2S/c1-3-8(4-6-10)12-16(14,15)9-5-7-11-13(9)2/h5,7-8,12H,3-4,6,10H2,1-2H3. The molecular formula is C9H18N4O2S. The van der Waals surface area contributed by atoms with Crippen LogP contribution in [0.25, 0.3) is 0 Å². The molecule has 0 saturated carbocycles. The molecule has 0 aromatic carbocycles. The van der Waals surface area contributed by atoms with Gasteiger partial charge in [-0.3, -0.25) is 4.68 Å². The summed E-state index contributed by atoms with van der Waals surface area (Å²) in [6.45, 7) is 2.39. The SMILES string of the molecule is CCC(CCN)NS(=O)(=O)c1ccnn1C. The van der Waals surface area contributed by atoms with Gasteiger partial charge in [-0.15, -0.1) is 0 Å². The van der Waals surface area contributed by atoms with Gasteiger partial charge in [0.25, 0.3) is 10.0 Å². The van der Waals surface area contributed by atoms with Gasteiger partial charge in [0, 0.05) is 13.1 Å². The molecule has 0 amide bonds. The summed E-state index contributed by atoms with van der Waals surface area (Å²) in [5, 5.41) is 4.00. The first-order chi connectivity index (χ1) is 7.51. The van der Waals surface area contributed by atoms with E-state index in [2.05, 4.69) is 9.82 Å². The Hall–Kier alpha value is -0.920. The van der Waals surface area contributed by atoms with Gasteiger partial charge in [-0.1, -0.05) is 6.92 Å². The van der Waals surface area contributed by atoms with Gasteiger partial charge in [-0.25, -0.2) is 13.1 Å². The molecule has 6 nitrogen and oxygen atoms in total. The average Bonchev–Trinajstić information content (AvgIpc) is 2.64. The fourth-order valence-corrected chi connectivity index (χ4v) is 2.93. The van der Waals surface area contributed by atoms with E-state index in [4.69, 9.17) is 5.73 Å². The van der Waals surface area contributed by atoms with E-state index in [-0.39, 0.29) is 11.1 Å². The highest BCUT2D eigenvalue weighted by Gasteiger charge is 2.21. The lowest BCUT2D eigenvalue weighted by atomic mass is 10.2. The summed E-state index contributed by atoms with van der Waals surface area (Å²) < 4.78 is 27.8. The van der Waals surface area contributed by atoms with Gasteiger partial charge in [0.05, 0.1) is 6.20 Å². The molecule has 1 atom stereocenters. The molecule has 1 aromatic heterocycles. The van der Waals surface area contributed by atoms with E-state index in [1.165, 1.54) is 16.9 Å². The largest absolute Gasteiger partial charge is 0.330 e. The first kappa shape index (κ1) is 13.1. The highest BCUT2D eigenvalue weighted by atomic mass is 32.2. The quantitative estimate of drug-likeness (QED) is 0.729. The second-order valence-corrected chi connectivity index (χ2v) is 5.26. The van der Waals surface area contributed by atoms with E-state index in [1.54, 1.807) is 7.05 Å². The summed E-state index contributed by atoms with van der Waals surface area (Å²) in [7, 11) is -1.89. The highest BCUT2D eigenvalue weighted by molar-refractivity contribution is 7.89. The zero-order valence-corrected chi connectivity index (χ0v) is 10.4. The van der Waals surface area contributed by atoms with Gasteiger partial charge in [0.1, 0.15) is 0 Å². The maximum Gasteiger partial charge on any atom is 0.257 e. The molecule has 0 aliphatic heterocycles. The molecule has 1 heterocycles. The van der Waals surface area contributed by atoms with Gasteiger partial charge in [0.15, 0.2) is 5.03 Å². The second kappa shape index (κ2) is 5.42. The third kappa shape index (κ3) is 3.03. The minimum absolute atomic E-state index is 0.120. The summed E-state index contributed by atoms with van der Waals surface area (Å²) in [5.74, 6) is 0. The van der Waals surface area contributed by atoms with Crippen molar-refractivity contribution in [2.45, 2.75) is 30.8 Å². The third-order valence-corrected chi connectivity index (χ3v) is 3.98. The molecule has 0 spiro atoms. The Morgan fingerprint density at radius 1 is 1.62 bits per heavy atom. The molecule has 1 unspecified atom stereocenters. The maximum atomic E-state index is 11.9. The molecule has 0 aliphatic carbocycles. The van der Waals surface area contributed by atoms with E-state index in [1.807, 2.05) is 6.92 Å². The molecule has 7 heteroatoms. The van der Waals surface area contributed by atoms with Crippen LogP contribution in [0, 0.1) is 0 Å². The van der Waals surface area contributed by atoms with Crippen molar-refractivity contribution in [3.63, 3.8) is 0 Å². The number of aromatic nitrogens is 2. The molecule has 0 saturated heterocycles. The van der Waals surface area contributed by atoms with Crippen molar-refractivity contribution in [2.75, 3.05) is 6.54 Å². The zero-order chi connectivity index (χ0) is 12.2. The molecule has 1 aromatic rings. The van der Waals surface area contributed by atoms with Crippen LogP contribution in [0.5, 0.6) is 0 Å². The van der Waals surface area contributed by atoms with Crippen LogP contribution in [0.4, 0.5) is 0 Å². The van der Waals surface area contributed by atoms with Gasteiger partial charge in [-0.2, -0.15) is 5.10 Å². The molecule has 16 heavy (non-hydrogen) atoms. The van der Waals surface area contributed by atoms with Gasteiger partial charge in [0.2, 0.25) is 0 Å². The van der Waals surface area contributed by atoms with Crippen molar-refractivity contribution in [3.8, 4) is 0 Å².